The van der Waals surface area contributed by atoms with Gasteiger partial charge in [0, 0.05) is 25.2 Å². The normalized spacial score (nSPS) is 18.4. The molecule has 5 rings (SSSR count). The summed E-state index contributed by atoms with van der Waals surface area (Å²) in [5, 5.41) is 17.7. The third-order valence-electron chi connectivity index (χ3n) is 6.51. The predicted molar refractivity (Wildman–Crippen MR) is 118 cm³/mol. The summed E-state index contributed by atoms with van der Waals surface area (Å²) in [6.07, 6.45) is 4.94. The van der Waals surface area contributed by atoms with Gasteiger partial charge >= 0.3 is 0 Å². The molecule has 35 heavy (non-hydrogen) atoms. The van der Waals surface area contributed by atoms with Gasteiger partial charge in [0.2, 0.25) is 11.8 Å². The Labute approximate surface area is 199 Å². The van der Waals surface area contributed by atoms with Crippen LogP contribution in [0.3, 0.4) is 0 Å². The molecule has 0 aromatic carbocycles. The van der Waals surface area contributed by atoms with Crippen LogP contribution in [0, 0.1) is 11.8 Å². The zero-order chi connectivity index (χ0) is 24.7. The number of alkyl halides is 2. The number of aromatic nitrogens is 5. The molecule has 2 aliphatic rings. The molecule has 3 aromatic heterocycles. The molecule has 186 valence electrons. The lowest BCUT2D eigenvalue weighted by molar-refractivity contribution is -0.134. The number of hydrogen-bond acceptors (Lipinski definition) is 7. The van der Waals surface area contributed by atoms with Gasteiger partial charge in [0.15, 0.2) is 11.3 Å². The van der Waals surface area contributed by atoms with E-state index < -0.39 is 5.92 Å². The minimum Gasteiger partial charge on any atom is -0.349 e. The minimum absolute atomic E-state index is 0.0523. The summed E-state index contributed by atoms with van der Waals surface area (Å²) in [4.78, 5) is 29.5. The highest BCUT2D eigenvalue weighted by Gasteiger charge is 2.45. The van der Waals surface area contributed by atoms with E-state index >= 15 is 0 Å². The molecule has 3 aromatic rings. The van der Waals surface area contributed by atoms with E-state index in [1.165, 1.54) is 0 Å². The Balaban J connectivity index is 1.23. The number of hydrogen-bond donors (Lipinski definition) is 2. The maximum Gasteiger partial charge on any atom is 0.275 e. The van der Waals surface area contributed by atoms with Crippen LogP contribution in [0.1, 0.15) is 85.4 Å². The molecule has 12 heteroatoms. The molecule has 2 N–H and O–H groups in total. The fourth-order valence-corrected chi connectivity index (χ4v) is 4.49. The zero-order valence-corrected chi connectivity index (χ0v) is 19.5. The summed E-state index contributed by atoms with van der Waals surface area (Å²) < 4.78 is 32.5. The van der Waals surface area contributed by atoms with E-state index in [9.17, 15) is 18.4 Å². The summed E-state index contributed by atoms with van der Waals surface area (Å²) >= 11 is 0. The predicted octanol–water partition coefficient (Wildman–Crippen LogP) is 3.17. The van der Waals surface area contributed by atoms with Crippen LogP contribution in [0.4, 0.5) is 8.78 Å². The van der Waals surface area contributed by atoms with Gasteiger partial charge in [-0.25, -0.2) is 22.9 Å². The zero-order valence-electron chi connectivity index (χ0n) is 19.5. The summed E-state index contributed by atoms with van der Waals surface area (Å²) in [7, 11) is 0. The number of rotatable bonds is 9. The van der Waals surface area contributed by atoms with Gasteiger partial charge in [-0.3, -0.25) is 9.59 Å². The van der Waals surface area contributed by atoms with Crippen molar-refractivity contribution in [3.05, 3.63) is 41.1 Å². The SMILES string of the molecule is CC(C)C(NC(=O)CC1CC(F)(F)C1)c1cnn2cc(CNC(=O)c3nonc3C3CC3)nc2c1. The van der Waals surface area contributed by atoms with Gasteiger partial charge in [0.25, 0.3) is 5.91 Å². The van der Waals surface area contributed by atoms with Crippen LogP contribution in [0.25, 0.3) is 5.65 Å². The molecule has 0 radical (unpaired) electrons. The first kappa shape index (κ1) is 23.3. The minimum atomic E-state index is -2.64. The van der Waals surface area contributed by atoms with Gasteiger partial charge in [-0.15, -0.1) is 0 Å². The standard InChI is InChI=1S/C23H27F2N7O3/c1-12(2)19(29-18(33)5-13-7-23(24,25)8-13)15-6-17-28-16(11-32(17)27-9-15)10-26-22(34)21-20(14-3-4-14)30-35-31-21/h6,9,11-14,19H,3-5,7-8,10H2,1-2H3,(H,26,34)(H,29,33). The van der Waals surface area contributed by atoms with Crippen LogP contribution in [0.2, 0.25) is 0 Å². The molecule has 0 aliphatic heterocycles. The van der Waals surface area contributed by atoms with Crippen LogP contribution in [-0.2, 0) is 11.3 Å². The lowest BCUT2D eigenvalue weighted by Gasteiger charge is -2.35. The topological polar surface area (TPSA) is 127 Å². The highest BCUT2D eigenvalue weighted by atomic mass is 19.3. The van der Waals surface area contributed by atoms with E-state index in [1.807, 2.05) is 19.9 Å². The summed E-state index contributed by atoms with van der Waals surface area (Å²) in [6.45, 7) is 4.10. The molecule has 1 unspecified atom stereocenters. The van der Waals surface area contributed by atoms with Crippen molar-refractivity contribution in [2.45, 2.75) is 70.4 Å². The van der Waals surface area contributed by atoms with Gasteiger partial charge in [0.1, 0.15) is 5.69 Å². The van der Waals surface area contributed by atoms with Crippen LogP contribution >= 0.6 is 0 Å². The molecule has 0 bridgehead atoms. The van der Waals surface area contributed by atoms with Crippen LogP contribution in [0.5, 0.6) is 0 Å². The number of nitrogens with one attached hydrogen (secondary N) is 2. The Hall–Kier alpha value is -3.44. The van der Waals surface area contributed by atoms with Crippen molar-refractivity contribution < 1.29 is 23.0 Å². The summed E-state index contributed by atoms with van der Waals surface area (Å²) in [5.74, 6) is -3.24. The quantitative estimate of drug-likeness (QED) is 0.475. The second kappa shape index (κ2) is 8.97. The first-order valence-corrected chi connectivity index (χ1v) is 11.8. The number of carbonyl (C=O) groups excluding carboxylic acids is 2. The maximum atomic E-state index is 13.1. The Bertz CT molecular complexity index is 1240. The maximum absolute atomic E-state index is 13.1. The molecule has 0 spiro atoms. The first-order chi connectivity index (χ1) is 16.7. The lowest BCUT2D eigenvalue weighted by Crippen LogP contribution is -2.40. The van der Waals surface area contributed by atoms with Crippen LogP contribution in [0.15, 0.2) is 23.1 Å². The van der Waals surface area contributed by atoms with Gasteiger partial charge in [-0.05, 0) is 41.5 Å². The molecule has 10 nitrogen and oxygen atoms in total. The molecule has 2 fully saturated rings. The third-order valence-corrected chi connectivity index (χ3v) is 6.51. The van der Waals surface area contributed by atoms with E-state index in [2.05, 4.69) is 31.0 Å². The highest BCUT2D eigenvalue weighted by Crippen LogP contribution is 2.44. The van der Waals surface area contributed by atoms with Crippen molar-refractivity contribution >= 4 is 17.5 Å². The number of nitrogens with zero attached hydrogens (tertiary/aromatic N) is 5. The Morgan fingerprint density at radius 3 is 2.71 bits per heavy atom. The fraction of sp³-hybridized carbons (Fsp3) is 0.565. The van der Waals surface area contributed by atoms with Crippen LogP contribution in [-0.4, -0.2) is 42.6 Å². The molecular formula is C23H27F2N7O3. The molecule has 3 heterocycles. The molecule has 2 aliphatic carbocycles. The average molecular weight is 488 g/mol. The average Bonchev–Trinajstić information content (AvgIpc) is 3.35. The number of fused-ring (bicyclic) bond motifs is 1. The molecule has 2 saturated carbocycles. The van der Waals surface area contributed by atoms with Gasteiger partial charge in [-0.1, -0.05) is 19.0 Å². The fourth-order valence-electron chi connectivity index (χ4n) is 4.49. The van der Waals surface area contributed by atoms with Crippen molar-refractivity contribution in [2.24, 2.45) is 11.8 Å². The number of carbonyl (C=O) groups is 2. The van der Waals surface area contributed by atoms with Crippen molar-refractivity contribution in [3.8, 4) is 0 Å². The Morgan fingerprint density at radius 2 is 2.03 bits per heavy atom. The molecule has 0 saturated heterocycles. The second-order valence-electron chi connectivity index (χ2n) is 9.90. The van der Waals surface area contributed by atoms with Gasteiger partial charge in [0.05, 0.1) is 30.7 Å². The van der Waals surface area contributed by atoms with Gasteiger partial charge < -0.3 is 10.6 Å². The second-order valence-corrected chi connectivity index (χ2v) is 9.90. The van der Waals surface area contributed by atoms with Crippen LogP contribution < -0.4 is 10.6 Å². The largest absolute Gasteiger partial charge is 0.349 e. The van der Waals surface area contributed by atoms with E-state index in [-0.39, 0.29) is 67.1 Å². The Kier molecular flexibility index (Phi) is 5.97. The Morgan fingerprint density at radius 1 is 1.26 bits per heavy atom. The monoisotopic (exact) mass is 487 g/mol. The van der Waals surface area contributed by atoms with E-state index in [0.29, 0.717) is 17.0 Å². The van der Waals surface area contributed by atoms with E-state index in [1.54, 1.807) is 16.9 Å². The third kappa shape index (κ3) is 5.15. The van der Waals surface area contributed by atoms with Crippen molar-refractivity contribution in [2.75, 3.05) is 0 Å². The molecular weight excluding hydrogens is 460 g/mol. The number of amides is 2. The smallest absolute Gasteiger partial charge is 0.275 e. The van der Waals surface area contributed by atoms with E-state index in [0.717, 1.165) is 18.4 Å². The number of imidazole rings is 1. The summed E-state index contributed by atoms with van der Waals surface area (Å²) in [6, 6.07) is 1.49. The van der Waals surface area contributed by atoms with E-state index in [4.69, 9.17) is 4.63 Å². The van der Waals surface area contributed by atoms with Crippen molar-refractivity contribution in [1.82, 2.24) is 35.5 Å². The highest BCUT2D eigenvalue weighted by molar-refractivity contribution is 5.93. The van der Waals surface area contributed by atoms with Crippen molar-refractivity contribution in [1.29, 1.82) is 0 Å². The summed E-state index contributed by atoms with van der Waals surface area (Å²) in [5.41, 5.74) is 2.73. The van der Waals surface area contributed by atoms with Gasteiger partial charge in [-0.2, -0.15) is 5.10 Å². The lowest BCUT2D eigenvalue weighted by atomic mass is 9.79. The first-order valence-electron chi connectivity index (χ1n) is 11.8. The van der Waals surface area contributed by atoms with Crippen molar-refractivity contribution in [3.63, 3.8) is 0 Å². The molecule has 2 amide bonds. The number of halogens is 2. The molecule has 1 atom stereocenters.